The first-order valence-corrected chi connectivity index (χ1v) is 4.84. The average molecular weight is 223 g/mol. The molecule has 0 radical (unpaired) electrons. The Hall–Kier alpha value is -1.53. The van der Waals surface area contributed by atoms with Gasteiger partial charge in [-0.2, -0.15) is 0 Å². The number of nitrogens with zero attached hydrogens (tertiary/aromatic N) is 1. The number of hydrogen-bond acceptors (Lipinski definition) is 2. The topological polar surface area (TPSA) is 42.0 Å². The minimum absolute atomic E-state index is 0.0877. The standard InChI is InChI=1S/C11H11ClN2O/c1-8-10(5-6-11(12)14-8)4-3-7-13-9(2)15/h5-6H,7H2,1-2H3,(H,13,15). The van der Waals surface area contributed by atoms with Crippen molar-refractivity contribution in [1.29, 1.82) is 0 Å². The van der Waals surface area contributed by atoms with E-state index in [1.165, 1.54) is 6.92 Å². The van der Waals surface area contributed by atoms with Gasteiger partial charge >= 0.3 is 0 Å². The van der Waals surface area contributed by atoms with Crippen LogP contribution in [0.25, 0.3) is 0 Å². The second-order valence-electron chi connectivity index (χ2n) is 2.98. The van der Waals surface area contributed by atoms with Crippen LogP contribution in [0.3, 0.4) is 0 Å². The Labute approximate surface area is 93.9 Å². The summed E-state index contributed by atoms with van der Waals surface area (Å²) in [7, 11) is 0. The third-order valence-electron chi connectivity index (χ3n) is 1.70. The molecule has 0 aromatic carbocycles. The molecular weight excluding hydrogens is 212 g/mol. The number of rotatable bonds is 1. The number of amides is 1. The van der Waals surface area contributed by atoms with Crippen molar-refractivity contribution in [3.63, 3.8) is 0 Å². The molecule has 0 aliphatic rings. The molecule has 4 heteroatoms. The highest BCUT2D eigenvalue weighted by molar-refractivity contribution is 6.29. The van der Waals surface area contributed by atoms with Crippen LogP contribution in [0, 0.1) is 18.8 Å². The van der Waals surface area contributed by atoms with Crippen LogP contribution in [0.5, 0.6) is 0 Å². The first kappa shape index (κ1) is 11.5. The van der Waals surface area contributed by atoms with Crippen molar-refractivity contribution in [3.8, 4) is 11.8 Å². The average Bonchev–Trinajstić information content (AvgIpc) is 2.14. The van der Waals surface area contributed by atoms with Gasteiger partial charge in [0.15, 0.2) is 0 Å². The van der Waals surface area contributed by atoms with Crippen LogP contribution in [0.15, 0.2) is 12.1 Å². The van der Waals surface area contributed by atoms with Crippen LogP contribution in [0.1, 0.15) is 18.2 Å². The van der Waals surface area contributed by atoms with Gasteiger partial charge < -0.3 is 5.32 Å². The van der Waals surface area contributed by atoms with Crippen molar-refractivity contribution in [2.75, 3.05) is 6.54 Å². The Morgan fingerprint density at radius 3 is 2.93 bits per heavy atom. The quantitative estimate of drug-likeness (QED) is 0.579. The summed E-state index contributed by atoms with van der Waals surface area (Å²) in [5.74, 6) is 5.65. The summed E-state index contributed by atoms with van der Waals surface area (Å²) in [6, 6.07) is 3.50. The number of nitrogens with one attached hydrogen (secondary N) is 1. The van der Waals surface area contributed by atoms with Gasteiger partial charge in [-0.25, -0.2) is 4.98 Å². The number of pyridine rings is 1. The number of halogens is 1. The summed E-state index contributed by atoms with van der Waals surface area (Å²) in [6.45, 7) is 3.64. The van der Waals surface area contributed by atoms with E-state index in [9.17, 15) is 4.79 Å². The summed E-state index contributed by atoms with van der Waals surface area (Å²) in [6.07, 6.45) is 0. The highest BCUT2D eigenvalue weighted by Crippen LogP contribution is 2.08. The highest BCUT2D eigenvalue weighted by atomic mass is 35.5. The Morgan fingerprint density at radius 1 is 1.60 bits per heavy atom. The van der Waals surface area contributed by atoms with Gasteiger partial charge in [0.1, 0.15) is 5.15 Å². The van der Waals surface area contributed by atoms with Crippen LogP contribution in [0.2, 0.25) is 5.15 Å². The maximum absolute atomic E-state index is 10.6. The van der Waals surface area contributed by atoms with Gasteiger partial charge in [0.05, 0.1) is 12.2 Å². The van der Waals surface area contributed by atoms with E-state index in [4.69, 9.17) is 11.6 Å². The molecule has 0 fully saturated rings. The lowest BCUT2D eigenvalue weighted by Gasteiger charge is -1.97. The van der Waals surface area contributed by atoms with E-state index in [1.54, 1.807) is 6.07 Å². The number of carbonyl (C=O) groups excluding carboxylic acids is 1. The third-order valence-corrected chi connectivity index (χ3v) is 1.91. The van der Waals surface area contributed by atoms with E-state index in [-0.39, 0.29) is 5.91 Å². The predicted molar refractivity (Wildman–Crippen MR) is 59.5 cm³/mol. The highest BCUT2D eigenvalue weighted by Gasteiger charge is 1.96. The number of aryl methyl sites for hydroxylation is 1. The fourth-order valence-corrected chi connectivity index (χ4v) is 1.16. The molecule has 0 aliphatic carbocycles. The molecule has 1 aromatic rings. The maximum Gasteiger partial charge on any atom is 0.217 e. The van der Waals surface area contributed by atoms with Gasteiger partial charge in [0, 0.05) is 12.5 Å². The monoisotopic (exact) mass is 222 g/mol. The summed E-state index contributed by atoms with van der Waals surface area (Å²) in [5, 5.41) is 3.05. The van der Waals surface area contributed by atoms with Crippen molar-refractivity contribution in [3.05, 3.63) is 28.5 Å². The fourth-order valence-electron chi connectivity index (χ4n) is 0.971. The molecule has 0 saturated heterocycles. The Balaban J connectivity index is 2.67. The van der Waals surface area contributed by atoms with Crippen molar-refractivity contribution < 1.29 is 4.79 Å². The molecule has 0 unspecified atom stereocenters. The largest absolute Gasteiger partial charge is 0.345 e. The summed E-state index contributed by atoms with van der Waals surface area (Å²) < 4.78 is 0. The van der Waals surface area contributed by atoms with Crippen LogP contribution in [0.4, 0.5) is 0 Å². The molecule has 0 bridgehead atoms. The van der Waals surface area contributed by atoms with E-state index in [0.29, 0.717) is 11.7 Å². The zero-order valence-electron chi connectivity index (χ0n) is 8.60. The van der Waals surface area contributed by atoms with Crippen molar-refractivity contribution in [2.45, 2.75) is 13.8 Å². The Bertz CT molecular complexity index is 432. The molecule has 3 nitrogen and oxygen atoms in total. The van der Waals surface area contributed by atoms with Gasteiger partial charge in [0.25, 0.3) is 0 Å². The van der Waals surface area contributed by atoms with Gasteiger partial charge in [0.2, 0.25) is 5.91 Å². The molecule has 1 aromatic heterocycles. The molecule has 1 amide bonds. The molecule has 0 saturated carbocycles. The minimum Gasteiger partial charge on any atom is -0.345 e. The third kappa shape index (κ3) is 4.01. The Kier molecular flexibility index (Phi) is 4.14. The molecule has 1 rings (SSSR count). The molecule has 0 spiro atoms. The minimum atomic E-state index is -0.0877. The second-order valence-corrected chi connectivity index (χ2v) is 3.37. The van der Waals surface area contributed by atoms with Gasteiger partial charge in [-0.1, -0.05) is 23.4 Å². The predicted octanol–water partition coefficient (Wildman–Crippen LogP) is 1.53. The first-order valence-electron chi connectivity index (χ1n) is 4.46. The molecule has 1 N–H and O–H groups in total. The SMILES string of the molecule is CC(=O)NCC#Cc1ccc(Cl)nc1C. The normalized spacial score (nSPS) is 9.00. The smallest absolute Gasteiger partial charge is 0.217 e. The number of aromatic nitrogens is 1. The molecule has 15 heavy (non-hydrogen) atoms. The fraction of sp³-hybridized carbons (Fsp3) is 0.273. The zero-order chi connectivity index (χ0) is 11.3. The van der Waals surface area contributed by atoms with Gasteiger partial charge in [-0.3, -0.25) is 4.79 Å². The first-order chi connectivity index (χ1) is 7.09. The summed E-state index contributed by atoms with van der Waals surface area (Å²) in [5.41, 5.74) is 1.61. The van der Waals surface area contributed by atoms with E-state index in [1.807, 2.05) is 13.0 Å². The van der Waals surface area contributed by atoms with Crippen molar-refractivity contribution >= 4 is 17.5 Å². The maximum atomic E-state index is 10.6. The van der Waals surface area contributed by atoms with Crippen LogP contribution in [-0.2, 0) is 4.79 Å². The molecular formula is C11H11ClN2O. The molecule has 1 heterocycles. The van der Waals surface area contributed by atoms with E-state index in [0.717, 1.165) is 11.3 Å². The lowest BCUT2D eigenvalue weighted by atomic mass is 10.2. The van der Waals surface area contributed by atoms with E-state index >= 15 is 0 Å². The summed E-state index contributed by atoms with van der Waals surface area (Å²) in [4.78, 5) is 14.6. The Morgan fingerprint density at radius 2 is 2.33 bits per heavy atom. The number of hydrogen-bond donors (Lipinski definition) is 1. The lowest BCUT2D eigenvalue weighted by Crippen LogP contribution is -2.19. The second kappa shape index (κ2) is 5.38. The van der Waals surface area contributed by atoms with Crippen molar-refractivity contribution in [1.82, 2.24) is 10.3 Å². The van der Waals surface area contributed by atoms with Crippen LogP contribution < -0.4 is 5.32 Å². The molecule has 0 atom stereocenters. The summed E-state index contributed by atoms with van der Waals surface area (Å²) >= 11 is 5.70. The van der Waals surface area contributed by atoms with Crippen LogP contribution in [-0.4, -0.2) is 17.4 Å². The van der Waals surface area contributed by atoms with E-state index < -0.39 is 0 Å². The molecule has 0 aliphatic heterocycles. The van der Waals surface area contributed by atoms with E-state index in [2.05, 4.69) is 22.1 Å². The lowest BCUT2D eigenvalue weighted by molar-refractivity contribution is -0.118. The zero-order valence-corrected chi connectivity index (χ0v) is 9.35. The molecule has 78 valence electrons. The number of carbonyl (C=O) groups is 1. The van der Waals surface area contributed by atoms with Crippen LogP contribution >= 0.6 is 11.6 Å². The van der Waals surface area contributed by atoms with Gasteiger partial charge in [-0.15, -0.1) is 0 Å². The van der Waals surface area contributed by atoms with Gasteiger partial charge in [-0.05, 0) is 19.1 Å². The van der Waals surface area contributed by atoms with Crippen molar-refractivity contribution in [2.24, 2.45) is 0 Å².